The number of hydrogen-bond acceptors (Lipinski definition) is 3. The summed E-state index contributed by atoms with van der Waals surface area (Å²) in [6, 6.07) is 0. The first-order valence-corrected chi connectivity index (χ1v) is 4.38. The molecule has 68 valence electrons. The highest BCUT2D eigenvalue weighted by Crippen LogP contribution is 2.12. The van der Waals surface area contributed by atoms with Crippen LogP contribution >= 0.6 is 0 Å². The molecule has 2 heterocycles. The maximum atomic E-state index is 4.36. The van der Waals surface area contributed by atoms with E-state index in [1.165, 1.54) is 0 Å². The van der Waals surface area contributed by atoms with Crippen molar-refractivity contribution < 1.29 is 0 Å². The molecule has 0 fully saturated rings. The molecule has 0 aliphatic carbocycles. The van der Waals surface area contributed by atoms with Gasteiger partial charge < -0.3 is 4.57 Å². The van der Waals surface area contributed by atoms with Crippen LogP contribution in [0, 0.1) is 13.8 Å². The first kappa shape index (κ1) is 8.16. The van der Waals surface area contributed by atoms with Crippen LogP contribution in [0.25, 0.3) is 11.2 Å². The van der Waals surface area contributed by atoms with E-state index >= 15 is 0 Å². The van der Waals surface area contributed by atoms with Crippen molar-refractivity contribution in [3.05, 3.63) is 17.8 Å². The molecule has 0 aliphatic heterocycles. The van der Waals surface area contributed by atoms with Crippen LogP contribution < -0.4 is 0 Å². The van der Waals surface area contributed by atoms with Crippen LogP contribution in [0.1, 0.15) is 18.4 Å². The predicted octanol–water partition coefficient (Wildman–Crippen LogP) is 1.46. The first-order valence-electron chi connectivity index (χ1n) is 4.38. The third-order valence-corrected chi connectivity index (χ3v) is 2.09. The molecular formula is C9H12N4. The lowest BCUT2D eigenvalue weighted by atomic mass is 10.4. The largest absolute Gasteiger partial charge is 0.315 e. The van der Waals surface area contributed by atoms with Crippen LogP contribution in [-0.2, 0) is 6.54 Å². The molecule has 0 radical (unpaired) electrons. The van der Waals surface area contributed by atoms with Crippen molar-refractivity contribution in [1.29, 1.82) is 0 Å². The van der Waals surface area contributed by atoms with Crippen LogP contribution in [0.4, 0.5) is 0 Å². The van der Waals surface area contributed by atoms with Crippen LogP contribution in [0.5, 0.6) is 0 Å². The van der Waals surface area contributed by atoms with Gasteiger partial charge in [-0.05, 0) is 20.8 Å². The SMILES string of the molecule is CCn1cnc2c(C)nc(C)nc21. The Balaban J connectivity index is 2.82. The zero-order chi connectivity index (χ0) is 9.42. The molecule has 4 heteroatoms. The fourth-order valence-corrected chi connectivity index (χ4v) is 1.45. The molecule has 0 bridgehead atoms. The maximum Gasteiger partial charge on any atom is 0.163 e. The van der Waals surface area contributed by atoms with Gasteiger partial charge in [-0.2, -0.15) is 0 Å². The predicted molar refractivity (Wildman–Crippen MR) is 50.5 cm³/mol. The van der Waals surface area contributed by atoms with E-state index in [1.807, 2.05) is 24.7 Å². The topological polar surface area (TPSA) is 43.6 Å². The third-order valence-electron chi connectivity index (χ3n) is 2.09. The van der Waals surface area contributed by atoms with Crippen LogP contribution in [-0.4, -0.2) is 19.5 Å². The van der Waals surface area contributed by atoms with Crippen molar-refractivity contribution in [2.75, 3.05) is 0 Å². The summed E-state index contributed by atoms with van der Waals surface area (Å²) in [7, 11) is 0. The highest BCUT2D eigenvalue weighted by Gasteiger charge is 2.06. The highest BCUT2D eigenvalue weighted by molar-refractivity contribution is 5.72. The molecule has 0 saturated heterocycles. The van der Waals surface area contributed by atoms with E-state index in [0.29, 0.717) is 0 Å². The Hall–Kier alpha value is -1.45. The third kappa shape index (κ3) is 1.18. The molecule has 2 aromatic heterocycles. The van der Waals surface area contributed by atoms with Crippen molar-refractivity contribution in [3.8, 4) is 0 Å². The van der Waals surface area contributed by atoms with Crippen LogP contribution in [0.15, 0.2) is 6.33 Å². The molecule has 0 aliphatic rings. The summed E-state index contributed by atoms with van der Waals surface area (Å²) in [5, 5.41) is 0. The van der Waals surface area contributed by atoms with Gasteiger partial charge >= 0.3 is 0 Å². The Kier molecular flexibility index (Phi) is 1.76. The van der Waals surface area contributed by atoms with E-state index in [4.69, 9.17) is 0 Å². The normalized spacial score (nSPS) is 11.0. The summed E-state index contributed by atoms with van der Waals surface area (Å²) < 4.78 is 2.02. The average molecular weight is 176 g/mol. The minimum atomic E-state index is 0.806. The molecule has 0 saturated carbocycles. The van der Waals surface area contributed by atoms with Gasteiger partial charge in [0.2, 0.25) is 0 Å². The lowest BCUT2D eigenvalue weighted by Crippen LogP contribution is -1.97. The van der Waals surface area contributed by atoms with Gasteiger partial charge in [0.15, 0.2) is 5.65 Å². The number of aryl methyl sites for hydroxylation is 3. The van der Waals surface area contributed by atoms with Crippen LogP contribution in [0.2, 0.25) is 0 Å². The average Bonchev–Trinajstić information content (AvgIpc) is 2.47. The molecule has 0 spiro atoms. The number of fused-ring (bicyclic) bond motifs is 1. The van der Waals surface area contributed by atoms with Gasteiger partial charge in [0.05, 0.1) is 12.0 Å². The molecule has 0 aromatic carbocycles. The van der Waals surface area contributed by atoms with Crippen molar-refractivity contribution in [3.63, 3.8) is 0 Å². The zero-order valence-corrected chi connectivity index (χ0v) is 8.07. The number of nitrogens with zero attached hydrogens (tertiary/aromatic N) is 4. The smallest absolute Gasteiger partial charge is 0.163 e. The van der Waals surface area contributed by atoms with Gasteiger partial charge in [0.1, 0.15) is 11.3 Å². The quantitative estimate of drug-likeness (QED) is 0.660. The van der Waals surface area contributed by atoms with Crippen LogP contribution in [0.3, 0.4) is 0 Å². The van der Waals surface area contributed by atoms with E-state index in [0.717, 1.165) is 29.2 Å². The Morgan fingerprint density at radius 2 is 2.08 bits per heavy atom. The van der Waals surface area contributed by atoms with Crippen molar-refractivity contribution in [2.45, 2.75) is 27.3 Å². The Labute approximate surface area is 76.7 Å². The van der Waals surface area contributed by atoms with E-state index in [1.54, 1.807) is 0 Å². The molecule has 2 rings (SSSR count). The van der Waals surface area contributed by atoms with E-state index in [2.05, 4.69) is 21.9 Å². The second-order valence-electron chi connectivity index (χ2n) is 3.06. The summed E-state index contributed by atoms with van der Waals surface area (Å²) in [5.74, 6) is 0.806. The lowest BCUT2D eigenvalue weighted by molar-refractivity contribution is 0.775. The summed E-state index contributed by atoms with van der Waals surface area (Å²) in [6.45, 7) is 6.84. The second-order valence-corrected chi connectivity index (χ2v) is 3.06. The van der Waals surface area contributed by atoms with Gasteiger partial charge in [-0.1, -0.05) is 0 Å². The summed E-state index contributed by atoms with van der Waals surface area (Å²) >= 11 is 0. The minimum absolute atomic E-state index is 0.806. The van der Waals surface area contributed by atoms with Gasteiger partial charge in [-0.15, -0.1) is 0 Å². The van der Waals surface area contributed by atoms with Crippen molar-refractivity contribution in [2.24, 2.45) is 0 Å². The standard InChI is InChI=1S/C9H12N4/c1-4-13-5-10-8-6(2)11-7(3)12-9(8)13/h5H,4H2,1-3H3. The Morgan fingerprint density at radius 1 is 1.31 bits per heavy atom. The minimum Gasteiger partial charge on any atom is -0.315 e. The maximum absolute atomic E-state index is 4.36. The first-order chi connectivity index (χ1) is 6.22. The lowest BCUT2D eigenvalue weighted by Gasteiger charge is -1.99. The molecule has 13 heavy (non-hydrogen) atoms. The fourth-order valence-electron chi connectivity index (χ4n) is 1.45. The number of imidazole rings is 1. The van der Waals surface area contributed by atoms with E-state index < -0.39 is 0 Å². The Morgan fingerprint density at radius 3 is 2.77 bits per heavy atom. The molecule has 0 amide bonds. The molecule has 0 atom stereocenters. The Bertz CT molecular complexity index is 444. The number of rotatable bonds is 1. The summed E-state index contributed by atoms with van der Waals surface area (Å²) in [5.41, 5.74) is 2.80. The molecule has 0 N–H and O–H groups in total. The van der Waals surface area contributed by atoms with Gasteiger partial charge in [-0.25, -0.2) is 15.0 Å². The zero-order valence-electron chi connectivity index (χ0n) is 8.07. The van der Waals surface area contributed by atoms with Crippen molar-refractivity contribution >= 4 is 11.2 Å². The number of aromatic nitrogens is 4. The molecule has 0 unspecified atom stereocenters. The number of hydrogen-bond donors (Lipinski definition) is 0. The van der Waals surface area contributed by atoms with Gasteiger partial charge in [0.25, 0.3) is 0 Å². The van der Waals surface area contributed by atoms with Crippen molar-refractivity contribution in [1.82, 2.24) is 19.5 Å². The monoisotopic (exact) mass is 176 g/mol. The molecular weight excluding hydrogens is 164 g/mol. The highest BCUT2D eigenvalue weighted by atomic mass is 15.1. The van der Waals surface area contributed by atoms with E-state index in [9.17, 15) is 0 Å². The summed E-state index contributed by atoms with van der Waals surface area (Å²) in [4.78, 5) is 12.9. The van der Waals surface area contributed by atoms with Gasteiger partial charge in [0, 0.05) is 6.54 Å². The van der Waals surface area contributed by atoms with E-state index in [-0.39, 0.29) is 0 Å². The fraction of sp³-hybridized carbons (Fsp3) is 0.444. The van der Waals surface area contributed by atoms with Gasteiger partial charge in [-0.3, -0.25) is 0 Å². The summed E-state index contributed by atoms with van der Waals surface area (Å²) in [6.07, 6.45) is 1.81. The molecule has 2 aromatic rings. The second kappa shape index (κ2) is 2.80. The molecule has 4 nitrogen and oxygen atoms in total.